The van der Waals surface area contributed by atoms with Crippen molar-refractivity contribution in [3.05, 3.63) is 88.3 Å². The van der Waals surface area contributed by atoms with Crippen LogP contribution in [-0.4, -0.2) is 25.8 Å². The van der Waals surface area contributed by atoms with E-state index in [1.165, 1.54) is 42.0 Å². The average Bonchev–Trinajstić information content (AvgIpc) is 3.08. The van der Waals surface area contributed by atoms with Crippen LogP contribution in [0.2, 0.25) is 5.02 Å². The molecule has 10 heteroatoms. The minimum atomic E-state index is -4.03. The number of rotatable bonds is 6. The number of thiocarbonyl (C=S) groups is 1. The Kier molecular flexibility index (Phi) is 6.76. The second kappa shape index (κ2) is 9.56. The van der Waals surface area contributed by atoms with Crippen LogP contribution in [0, 0.1) is 0 Å². The van der Waals surface area contributed by atoms with E-state index in [-0.39, 0.29) is 22.3 Å². The number of ether oxygens (including phenoxy) is 1. The number of methoxy groups -OCH3 is 1. The molecule has 1 fully saturated rings. The summed E-state index contributed by atoms with van der Waals surface area (Å²) in [6, 6.07) is 19.3. The van der Waals surface area contributed by atoms with E-state index in [0.29, 0.717) is 25.5 Å². The van der Waals surface area contributed by atoms with Gasteiger partial charge in [-0.15, -0.1) is 0 Å². The molecule has 0 aliphatic carbocycles. The van der Waals surface area contributed by atoms with Gasteiger partial charge in [-0.05, 0) is 60.2 Å². The SMILES string of the molecule is COc1cc(/C=C2/SC(=S)N(c3ccc(Cl)cc3)C2=O)ccc1OS(=O)(=O)c1ccccc1. The Balaban J connectivity index is 1.60. The summed E-state index contributed by atoms with van der Waals surface area (Å²) in [4.78, 5) is 14.8. The van der Waals surface area contributed by atoms with E-state index in [1.54, 1.807) is 60.7 Å². The number of nitrogens with zero attached hydrogens (tertiary/aromatic N) is 1. The highest BCUT2D eigenvalue weighted by atomic mass is 35.5. The monoisotopic (exact) mass is 517 g/mol. The number of halogens is 1. The summed E-state index contributed by atoms with van der Waals surface area (Å²) >= 11 is 12.5. The summed E-state index contributed by atoms with van der Waals surface area (Å²) in [5, 5.41) is 0.559. The molecule has 1 aliphatic heterocycles. The number of benzene rings is 3. The predicted octanol–water partition coefficient (Wildman–Crippen LogP) is 5.52. The number of carbonyl (C=O) groups excluding carboxylic acids is 1. The Morgan fingerprint density at radius 2 is 1.70 bits per heavy atom. The van der Waals surface area contributed by atoms with Crippen LogP contribution in [0.25, 0.3) is 6.08 Å². The van der Waals surface area contributed by atoms with Gasteiger partial charge in [-0.3, -0.25) is 9.69 Å². The van der Waals surface area contributed by atoms with Gasteiger partial charge < -0.3 is 8.92 Å². The zero-order chi connectivity index (χ0) is 23.6. The topological polar surface area (TPSA) is 72.9 Å². The van der Waals surface area contributed by atoms with E-state index in [9.17, 15) is 13.2 Å². The molecular weight excluding hydrogens is 502 g/mol. The molecule has 0 aromatic heterocycles. The molecule has 1 amide bonds. The second-order valence-electron chi connectivity index (χ2n) is 6.75. The number of hydrogen-bond acceptors (Lipinski definition) is 7. The zero-order valence-corrected chi connectivity index (χ0v) is 20.3. The summed E-state index contributed by atoms with van der Waals surface area (Å²) in [6.07, 6.45) is 1.66. The average molecular weight is 518 g/mol. The third kappa shape index (κ3) is 5.06. The van der Waals surface area contributed by atoms with Crippen LogP contribution in [-0.2, 0) is 14.9 Å². The maximum atomic E-state index is 13.0. The minimum Gasteiger partial charge on any atom is -0.493 e. The molecule has 4 rings (SSSR count). The number of anilines is 1. The van der Waals surface area contributed by atoms with E-state index in [1.807, 2.05) is 0 Å². The Hall–Kier alpha value is -2.85. The summed E-state index contributed by atoms with van der Waals surface area (Å²) < 4.78 is 36.1. The lowest BCUT2D eigenvalue weighted by Crippen LogP contribution is -2.27. The van der Waals surface area contributed by atoms with Gasteiger partial charge in [0, 0.05) is 5.02 Å². The molecule has 6 nitrogen and oxygen atoms in total. The third-order valence-corrected chi connectivity index (χ3v) is 7.40. The lowest BCUT2D eigenvalue weighted by molar-refractivity contribution is -0.113. The van der Waals surface area contributed by atoms with E-state index >= 15 is 0 Å². The van der Waals surface area contributed by atoms with Gasteiger partial charge in [0.15, 0.2) is 15.8 Å². The summed E-state index contributed by atoms with van der Waals surface area (Å²) in [5.41, 5.74) is 1.24. The fraction of sp³-hybridized carbons (Fsp3) is 0.0435. The maximum absolute atomic E-state index is 13.0. The lowest BCUT2D eigenvalue weighted by Gasteiger charge is -2.14. The number of amides is 1. The van der Waals surface area contributed by atoms with Crippen molar-refractivity contribution >= 4 is 67.7 Å². The van der Waals surface area contributed by atoms with Gasteiger partial charge in [-0.1, -0.05) is 59.8 Å². The molecule has 1 aliphatic rings. The third-order valence-electron chi connectivity index (χ3n) is 4.60. The zero-order valence-electron chi connectivity index (χ0n) is 17.1. The van der Waals surface area contributed by atoms with Crippen molar-refractivity contribution in [2.75, 3.05) is 12.0 Å². The molecule has 1 saturated heterocycles. The Morgan fingerprint density at radius 1 is 1.00 bits per heavy atom. The van der Waals surface area contributed by atoms with Crippen LogP contribution in [0.3, 0.4) is 0 Å². The maximum Gasteiger partial charge on any atom is 0.339 e. The van der Waals surface area contributed by atoms with Gasteiger partial charge in [-0.25, -0.2) is 0 Å². The molecule has 0 unspecified atom stereocenters. The molecule has 0 saturated carbocycles. The van der Waals surface area contributed by atoms with Crippen LogP contribution >= 0.6 is 35.6 Å². The van der Waals surface area contributed by atoms with Crippen LogP contribution < -0.4 is 13.8 Å². The molecule has 0 radical (unpaired) electrons. The molecular formula is C23H16ClNO5S3. The quantitative estimate of drug-likeness (QED) is 0.242. The fourth-order valence-electron chi connectivity index (χ4n) is 3.03. The normalized spacial score (nSPS) is 15.2. The first-order valence-corrected chi connectivity index (χ1v) is 12.5. The van der Waals surface area contributed by atoms with E-state index in [2.05, 4.69) is 0 Å². The minimum absolute atomic E-state index is 0.0296. The standard InChI is InChI=1S/C23H16ClNO5S3/c1-29-20-13-15(7-12-19(20)30-33(27,28)18-5-3-2-4-6-18)14-21-22(26)25(23(31)32-21)17-10-8-16(24)9-11-17/h2-14H,1H3/b21-14+. The highest BCUT2D eigenvalue weighted by molar-refractivity contribution is 8.27. The Labute approximate surface area is 205 Å². The van der Waals surface area contributed by atoms with Gasteiger partial charge in [0.05, 0.1) is 17.7 Å². The largest absolute Gasteiger partial charge is 0.493 e. The molecule has 3 aromatic carbocycles. The van der Waals surface area contributed by atoms with Crippen molar-refractivity contribution in [2.45, 2.75) is 4.90 Å². The molecule has 3 aromatic rings. The molecule has 1 heterocycles. The van der Waals surface area contributed by atoms with Gasteiger partial charge in [0.25, 0.3) is 5.91 Å². The second-order valence-corrected chi connectivity index (χ2v) is 10.4. The highest BCUT2D eigenvalue weighted by Gasteiger charge is 2.33. The van der Waals surface area contributed by atoms with Crippen molar-refractivity contribution < 1.29 is 22.1 Å². The van der Waals surface area contributed by atoms with Gasteiger partial charge in [0.2, 0.25) is 0 Å². The number of hydrogen-bond donors (Lipinski definition) is 0. The molecule has 0 spiro atoms. The van der Waals surface area contributed by atoms with E-state index in [0.717, 1.165) is 0 Å². The van der Waals surface area contributed by atoms with Crippen LogP contribution in [0.5, 0.6) is 11.5 Å². The van der Waals surface area contributed by atoms with Gasteiger partial charge >= 0.3 is 10.1 Å². The van der Waals surface area contributed by atoms with Gasteiger partial charge in [-0.2, -0.15) is 8.42 Å². The number of thioether (sulfide) groups is 1. The fourth-order valence-corrected chi connectivity index (χ4v) is 5.41. The van der Waals surface area contributed by atoms with Crippen LogP contribution in [0.4, 0.5) is 5.69 Å². The molecule has 168 valence electrons. The summed E-state index contributed by atoms with van der Waals surface area (Å²) in [6.45, 7) is 0. The van der Waals surface area contributed by atoms with Crippen molar-refractivity contribution in [1.82, 2.24) is 0 Å². The molecule has 0 bridgehead atoms. The first-order valence-electron chi connectivity index (χ1n) is 9.49. The Bertz CT molecular complexity index is 1360. The molecule has 0 N–H and O–H groups in total. The van der Waals surface area contributed by atoms with Crippen molar-refractivity contribution in [3.63, 3.8) is 0 Å². The van der Waals surface area contributed by atoms with Crippen molar-refractivity contribution in [3.8, 4) is 11.5 Å². The number of carbonyl (C=O) groups is 1. The first-order chi connectivity index (χ1) is 15.8. The van der Waals surface area contributed by atoms with E-state index < -0.39 is 10.1 Å². The summed E-state index contributed by atoms with van der Waals surface area (Å²) in [5.74, 6) is -0.0260. The molecule has 33 heavy (non-hydrogen) atoms. The van der Waals surface area contributed by atoms with Crippen LogP contribution in [0.15, 0.2) is 82.6 Å². The lowest BCUT2D eigenvalue weighted by atomic mass is 10.2. The van der Waals surface area contributed by atoms with E-state index in [4.69, 9.17) is 32.7 Å². The summed E-state index contributed by atoms with van der Waals surface area (Å²) in [7, 11) is -2.62. The molecule has 0 atom stereocenters. The predicted molar refractivity (Wildman–Crippen MR) is 134 cm³/mol. The first kappa shape index (κ1) is 23.3. The Morgan fingerprint density at radius 3 is 2.36 bits per heavy atom. The van der Waals surface area contributed by atoms with Gasteiger partial charge in [0.1, 0.15) is 4.90 Å². The van der Waals surface area contributed by atoms with Crippen molar-refractivity contribution in [2.24, 2.45) is 0 Å². The van der Waals surface area contributed by atoms with Crippen LogP contribution in [0.1, 0.15) is 5.56 Å². The highest BCUT2D eigenvalue weighted by Crippen LogP contribution is 2.38. The smallest absolute Gasteiger partial charge is 0.339 e. The van der Waals surface area contributed by atoms with Crippen molar-refractivity contribution in [1.29, 1.82) is 0 Å².